The molecule has 2 atom stereocenters. The summed E-state index contributed by atoms with van der Waals surface area (Å²) in [6, 6.07) is 0. The molecule has 0 saturated heterocycles. The summed E-state index contributed by atoms with van der Waals surface area (Å²) < 4.78 is 0. The van der Waals surface area contributed by atoms with Crippen LogP contribution in [-0.2, 0) is 4.79 Å². The molecule has 31 heavy (non-hydrogen) atoms. The third kappa shape index (κ3) is 13.0. The zero-order valence-corrected chi connectivity index (χ0v) is 21.1. The molecule has 0 aromatic carbocycles. The minimum Gasteiger partial charge on any atom is -0.393 e. The van der Waals surface area contributed by atoms with Gasteiger partial charge in [0.15, 0.2) is 11.4 Å². The summed E-state index contributed by atoms with van der Waals surface area (Å²) in [4.78, 5) is 11.9. The topological polar surface area (TPSA) is 77.8 Å². The number of carbonyl (C=O) groups excluding carboxylic acids is 1. The minimum atomic E-state index is -2.04. The van der Waals surface area contributed by atoms with Gasteiger partial charge in [0.25, 0.3) is 0 Å². The van der Waals surface area contributed by atoms with Gasteiger partial charge in [0.05, 0.1) is 6.61 Å². The molecule has 0 rings (SSSR count). The zero-order chi connectivity index (χ0) is 23.4. The summed E-state index contributed by atoms with van der Waals surface area (Å²) in [7, 11) is 0. The third-order valence-corrected chi connectivity index (χ3v) is 6.97. The highest BCUT2D eigenvalue weighted by Crippen LogP contribution is 2.34. The molecule has 0 aliphatic carbocycles. The Labute approximate surface area is 193 Å². The van der Waals surface area contributed by atoms with Crippen LogP contribution in [0.15, 0.2) is 0 Å². The van der Waals surface area contributed by atoms with Crippen molar-refractivity contribution >= 4 is 5.78 Å². The Hall–Kier alpha value is -0.450. The van der Waals surface area contributed by atoms with Gasteiger partial charge < -0.3 is 15.3 Å². The summed E-state index contributed by atoms with van der Waals surface area (Å²) in [5.41, 5.74) is -3.57. The zero-order valence-electron chi connectivity index (χ0n) is 21.1. The van der Waals surface area contributed by atoms with Crippen LogP contribution in [0.1, 0.15) is 149 Å². The highest BCUT2D eigenvalue weighted by Gasteiger charge is 2.51. The Bertz CT molecular complexity index is 425. The van der Waals surface area contributed by atoms with Crippen LogP contribution in [0.25, 0.3) is 0 Å². The maximum atomic E-state index is 11.9. The van der Waals surface area contributed by atoms with E-state index in [0.717, 1.165) is 32.1 Å². The van der Waals surface area contributed by atoms with E-state index in [4.69, 9.17) is 0 Å². The molecule has 0 radical (unpaired) electrons. The number of aliphatic hydroxyl groups excluding tert-OH is 1. The predicted octanol–water partition coefficient (Wildman–Crippen LogP) is 6.87. The Kier molecular flexibility index (Phi) is 18.8. The number of Topliss-reactive ketones (excluding diaryl/α,β-unsaturated/α-hetero) is 1. The fourth-order valence-corrected chi connectivity index (χ4v) is 4.56. The highest BCUT2D eigenvalue weighted by molar-refractivity contribution is 5.86. The summed E-state index contributed by atoms with van der Waals surface area (Å²) in [5, 5.41) is 31.2. The van der Waals surface area contributed by atoms with Crippen LogP contribution >= 0.6 is 0 Å². The molecule has 0 amide bonds. The van der Waals surface area contributed by atoms with E-state index < -0.39 is 23.6 Å². The van der Waals surface area contributed by atoms with E-state index in [1.165, 1.54) is 90.4 Å². The first-order valence-corrected chi connectivity index (χ1v) is 13.4. The van der Waals surface area contributed by atoms with E-state index in [1.807, 2.05) is 6.92 Å². The van der Waals surface area contributed by atoms with Crippen molar-refractivity contribution in [2.24, 2.45) is 0 Å². The van der Waals surface area contributed by atoms with Crippen molar-refractivity contribution in [2.45, 2.75) is 160 Å². The minimum absolute atomic E-state index is 0.346. The van der Waals surface area contributed by atoms with Crippen LogP contribution < -0.4 is 0 Å². The van der Waals surface area contributed by atoms with Crippen molar-refractivity contribution in [1.29, 1.82) is 0 Å². The van der Waals surface area contributed by atoms with Gasteiger partial charge in [-0.2, -0.15) is 0 Å². The molecule has 0 aliphatic heterocycles. The number of ketones is 1. The standard InChI is InChI=1S/C27H54O4/c1-4-6-8-9-10-11-12-13-14-15-16-17-18-19-20-21-23-26(30,22-7-5-2)27(31,24-28)25(3)29/h28,30-31H,4-24H2,1-3H3. The summed E-state index contributed by atoms with van der Waals surface area (Å²) in [6.45, 7) is 4.81. The molecule has 0 bridgehead atoms. The van der Waals surface area contributed by atoms with Gasteiger partial charge in [0.1, 0.15) is 5.60 Å². The van der Waals surface area contributed by atoms with Crippen LogP contribution in [0.4, 0.5) is 0 Å². The fraction of sp³-hybridized carbons (Fsp3) is 0.963. The lowest BCUT2D eigenvalue weighted by atomic mass is 9.74. The van der Waals surface area contributed by atoms with E-state index in [1.54, 1.807) is 0 Å². The van der Waals surface area contributed by atoms with Gasteiger partial charge in [0.2, 0.25) is 0 Å². The number of rotatable bonds is 23. The maximum absolute atomic E-state index is 11.9. The van der Waals surface area contributed by atoms with E-state index in [2.05, 4.69) is 6.92 Å². The van der Waals surface area contributed by atoms with Crippen LogP contribution in [-0.4, -0.2) is 38.9 Å². The second kappa shape index (κ2) is 19.1. The average Bonchev–Trinajstić information content (AvgIpc) is 2.76. The van der Waals surface area contributed by atoms with Gasteiger partial charge in [0, 0.05) is 0 Å². The van der Waals surface area contributed by atoms with Gasteiger partial charge in [-0.05, 0) is 19.8 Å². The molecule has 186 valence electrons. The summed E-state index contributed by atoms with van der Waals surface area (Å²) in [6.07, 6.45) is 22.8. The second-order valence-electron chi connectivity index (χ2n) is 9.76. The van der Waals surface area contributed by atoms with Crippen LogP contribution in [0, 0.1) is 0 Å². The molecule has 0 aromatic rings. The third-order valence-electron chi connectivity index (χ3n) is 6.97. The van der Waals surface area contributed by atoms with Gasteiger partial charge in [-0.3, -0.25) is 4.79 Å². The van der Waals surface area contributed by atoms with E-state index in [9.17, 15) is 20.1 Å². The maximum Gasteiger partial charge on any atom is 0.174 e. The molecule has 2 unspecified atom stereocenters. The van der Waals surface area contributed by atoms with E-state index >= 15 is 0 Å². The highest BCUT2D eigenvalue weighted by atomic mass is 16.4. The van der Waals surface area contributed by atoms with Crippen molar-refractivity contribution in [2.75, 3.05) is 6.61 Å². The molecular formula is C27H54O4. The Morgan fingerprint density at radius 1 is 0.581 bits per heavy atom. The number of carbonyl (C=O) groups is 1. The van der Waals surface area contributed by atoms with Crippen molar-refractivity contribution in [3.8, 4) is 0 Å². The predicted molar refractivity (Wildman–Crippen MR) is 131 cm³/mol. The molecule has 4 nitrogen and oxygen atoms in total. The lowest BCUT2D eigenvalue weighted by Gasteiger charge is -2.41. The van der Waals surface area contributed by atoms with Crippen LogP contribution in [0.5, 0.6) is 0 Å². The molecule has 0 aromatic heterocycles. The van der Waals surface area contributed by atoms with E-state index in [0.29, 0.717) is 12.8 Å². The van der Waals surface area contributed by atoms with E-state index in [-0.39, 0.29) is 0 Å². The van der Waals surface area contributed by atoms with Gasteiger partial charge >= 0.3 is 0 Å². The second-order valence-corrected chi connectivity index (χ2v) is 9.76. The quantitative estimate of drug-likeness (QED) is 0.151. The first-order valence-electron chi connectivity index (χ1n) is 13.4. The molecule has 0 heterocycles. The first kappa shape index (κ1) is 30.6. The largest absolute Gasteiger partial charge is 0.393 e. The fourth-order valence-electron chi connectivity index (χ4n) is 4.56. The molecule has 0 fully saturated rings. The number of hydrogen-bond acceptors (Lipinski definition) is 4. The van der Waals surface area contributed by atoms with Gasteiger partial charge in [-0.1, -0.05) is 129 Å². The van der Waals surface area contributed by atoms with Gasteiger partial charge in [-0.15, -0.1) is 0 Å². The van der Waals surface area contributed by atoms with Gasteiger partial charge in [-0.25, -0.2) is 0 Å². The summed E-state index contributed by atoms with van der Waals surface area (Å²) >= 11 is 0. The van der Waals surface area contributed by atoms with Crippen LogP contribution in [0.3, 0.4) is 0 Å². The molecule has 4 heteroatoms. The smallest absolute Gasteiger partial charge is 0.174 e. The Morgan fingerprint density at radius 3 is 1.23 bits per heavy atom. The number of aliphatic hydroxyl groups is 3. The lowest BCUT2D eigenvalue weighted by molar-refractivity contribution is -0.188. The number of hydrogen-bond donors (Lipinski definition) is 3. The molecular weight excluding hydrogens is 388 g/mol. The van der Waals surface area contributed by atoms with Crippen LogP contribution in [0.2, 0.25) is 0 Å². The molecule has 0 saturated carbocycles. The Morgan fingerprint density at radius 2 is 0.903 bits per heavy atom. The molecule has 0 aliphatic rings. The van der Waals surface area contributed by atoms with Crippen molar-refractivity contribution in [1.82, 2.24) is 0 Å². The molecule has 0 spiro atoms. The van der Waals surface area contributed by atoms with Crippen molar-refractivity contribution < 1.29 is 20.1 Å². The monoisotopic (exact) mass is 442 g/mol. The average molecular weight is 443 g/mol. The summed E-state index contributed by atoms with van der Waals surface area (Å²) in [5.74, 6) is -0.551. The van der Waals surface area contributed by atoms with Crippen molar-refractivity contribution in [3.05, 3.63) is 0 Å². The first-order chi connectivity index (χ1) is 14.9. The SMILES string of the molecule is CCCCCCCCCCCCCCCCCCC(O)(CCCC)C(O)(CO)C(C)=O. The normalized spacial score (nSPS) is 15.5. The van der Waals surface area contributed by atoms with Crippen molar-refractivity contribution in [3.63, 3.8) is 0 Å². The Balaban J connectivity index is 3.82. The number of unbranched alkanes of at least 4 members (excludes halogenated alkanes) is 16. The molecule has 3 N–H and O–H groups in total. The lowest BCUT2D eigenvalue weighted by Crippen LogP contribution is -2.61.